The fraction of sp³-hybridized carbons (Fsp3) is 0.278. The lowest BCUT2D eigenvalue weighted by atomic mass is 10.2. The van der Waals surface area contributed by atoms with E-state index in [0.717, 1.165) is 25.5 Å². The van der Waals surface area contributed by atoms with Crippen LogP contribution in [0, 0.1) is 11.6 Å². The lowest BCUT2D eigenvalue weighted by Crippen LogP contribution is -2.31. The Hall–Kier alpha value is -3.07. The molecule has 2 N–H and O–H groups in total. The number of rotatable bonds is 5. The second-order valence-electron chi connectivity index (χ2n) is 6.24. The second kappa shape index (κ2) is 7.28. The van der Waals surface area contributed by atoms with Crippen LogP contribution in [0.1, 0.15) is 23.3 Å². The molecule has 0 bridgehead atoms. The minimum absolute atomic E-state index is 0.0133. The number of ether oxygens (including phenoxy) is 1. The number of hydrogen-bond acceptors (Lipinski definition) is 4. The predicted molar refractivity (Wildman–Crippen MR) is 92.4 cm³/mol. The minimum atomic E-state index is -0.997. The molecule has 1 aromatic carbocycles. The predicted octanol–water partition coefficient (Wildman–Crippen LogP) is 2.45. The molecule has 0 radical (unpaired) electrons. The highest BCUT2D eigenvalue weighted by atomic mass is 19.2. The fourth-order valence-electron chi connectivity index (χ4n) is 3.05. The normalized spacial score (nSPS) is 16.6. The van der Waals surface area contributed by atoms with Crippen molar-refractivity contribution in [2.75, 3.05) is 13.2 Å². The van der Waals surface area contributed by atoms with Crippen molar-refractivity contribution in [3.05, 3.63) is 54.1 Å². The molecule has 0 unspecified atom stereocenters. The van der Waals surface area contributed by atoms with Gasteiger partial charge in [0.1, 0.15) is 12.0 Å². The maximum Gasteiger partial charge on any atom is 0.267 e. The molecular formula is C18H17F2N5O2. The number of aromatic nitrogens is 4. The van der Waals surface area contributed by atoms with Crippen LogP contribution >= 0.6 is 0 Å². The monoisotopic (exact) mass is 373 g/mol. The largest absolute Gasteiger partial charge is 0.376 e. The summed E-state index contributed by atoms with van der Waals surface area (Å²) in [6.07, 6.45) is 4.83. The van der Waals surface area contributed by atoms with Crippen molar-refractivity contribution in [2.45, 2.75) is 18.9 Å². The Morgan fingerprint density at radius 1 is 1.41 bits per heavy atom. The van der Waals surface area contributed by atoms with Gasteiger partial charge in [-0.15, -0.1) is 10.2 Å². The van der Waals surface area contributed by atoms with Gasteiger partial charge in [-0.3, -0.25) is 9.36 Å². The second-order valence-corrected chi connectivity index (χ2v) is 6.24. The number of halogens is 2. The Labute approximate surface area is 153 Å². The van der Waals surface area contributed by atoms with Gasteiger partial charge in [-0.2, -0.15) is 0 Å². The third kappa shape index (κ3) is 3.45. The van der Waals surface area contributed by atoms with E-state index in [1.54, 1.807) is 12.3 Å². The molecule has 4 rings (SSSR count). The Morgan fingerprint density at radius 3 is 3.11 bits per heavy atom. The summed E-state index contributed by atoms with van der Waals surface area (Å²) < 4.78 is 34.4. The maximum absolute atomic E-state index is 14.1. The van der Waals surface area contributed by atoms with Crippen LogP contribution in [-0.4, -0.2) is 44.9 Å². The quantitative estimate of drug-likeness (QED) is 0.720. The van der Waals surface area contributed by atoms with Crippen LogP contribution in [0.25, 0.3) is 17.1 Å². The molecule has 3 heterocycles. The highest BCUT2D eigenvalue weighted by Gasteiger charge is 2.19. The van der Waals surface area contributed by atoms with Gasteiger partial charge in [0, 0.05) is 24.9 Å². The fourth-order valence-corrected chi connectivity index (χ4v) is 3.05. The number of carbonyl (C=O) groups is 1. The summed E-state index contributed by atoms with van der Waals surface area (Å²) in [5, 5.41) is 10.6. The van der Waals surface area contributed by atoms with E-state index in [4.69, 9.17) is 4.74 Å². The number of nitrogens with one attached hydrogen (secondary N) is 2. The van der Waals surface area contributed by atoms with E-state index in [9.17, 15) is 13.6 Å². The van der Waals surface area contributed by atoms with Gasteiger partial charge in [-0.1, -0.05) is 6.07 Å². The lowest BCUT2D eigenvalue weighted by Gasteiger charge is -2.09. The molecule has 0 aliphatic carbocycles. The minimum Gasteiger partial charge on any atom is -0.376 e. The van der Waals surface area contributed by atoms with Gasteiger partial charge >= 0.3 is 0 Å². The van der Waals surface area contributed by atoms with E-state index in [-0.39, 0.29) is 23.5 Å². The van der Waals surface area contributed by atoms with Crippen LogP contribution < -0.4 is 5.32 Å². The summed E-state index contributed by atoms with van der Waals surface area (Å²) in [4.78, 5) is 15.2. The molecule has 2 aromatic heterocycles. The zero-order valence-electron chi connectivity index (χ0n) is 14.3. The summed E-state index contributed by atoms with van der Waals surface area (Å²) in [7, 11) is 0. The van der Waals surface area contributed by atoms with Gasteiger partial charge in [0.05, 0.1) is 11.8 Å². The zero-order chi connectivity index (χ0) is 18.8. The van der Waals surface area contributed by atoms with E-state index < -0.39 is 11.6 Å². The summed E-state index contributed by atoms with van der Waals surface area (Å²) in [6, 6.07) is 5.45. The highest BCUT2D eigenvalue weighted by Crippen LogP contribution is 2.24. The van der Waals surface area contributed by atoms with Crippen LogP contribution in [0.4, 0.5) is 8.78 Å². The Balaban J connectivity index is 1.55. The van der Waals surface area contributed by atoms with Crippen molar-refractivity contribution in [1.82, 2.24) is 25.1 Å². The molecule has 0 saturated carbocycles. The van der Waals surface area contributed by atoms with Crippen molar-refractivity contribution in [1.29, 1.82) is 0 Å². The van der Waals surface area contributed by atoms with Crippen molar-refractivity contribution >= 4 is 5.91 Å². The van der Waals surface area contributed by atoms with Crippen LogP contribution in [0.5, 0.6) is 0 Å². The van der Waals surface area contributed by atoms with Crippen LogP contribution in [0.3, 0.4) is 0 Å². The summed E-state index contributed by atoms with van der Waals surface area (Å²) in [5.74, 6) is -1.95. The van der Waals surface area contributed by atoms with Crippen LogP contribution in [0.2, 0.25) is 0 Å². The molecule has 1 aliphatic rings. The molecular weight excluding hydrogens is 356 g/mol. The molecule has 1 atom stereocenters. The first-order valence-electron chi connectivity index (χ1n) is 8.56. The molecule has 1 fully saturated rings. The summed E-state index contributed by atoms with van der Waals surface area (Å²) >= 11 is 0. The van der Waals surface area contributed by atoms with E-state index in [0.29, 0.717) is 17.8 Å². The molecule has 1 saturated heterocycles. The topological polar surface area (TPSA) is 84.8 Å². The SMILES string of the molecule is O=C(NC[C@@H]1CCCO1)c1cc(-c2nncn2-c2cccc(F)c2F)c[nH]1. The molecule has 1 aliphatic heterocycles. The Bertz CT molecular complexity index is 962. The van der Waals surface area contributed by atoms with Gasteiger partial charge in [0.2, 0.25) is 0 Å². The molecule has 0 spiro atoms. The van der Waals surface area contributed by atoms with Crippen molar-refractivity contribution < 1.29 is 18.3 Å². The van der Waals surface area contributed by atoms with Crippen LogP contribution in [-0.2, 0) is 4.74 Å². The van der Waals surface area contributed by atoms with E-state index >= 15 is 0 Å². The van der Waals surface area contributed by atoms with Crippen molar-refractivity contribution in [3.8, 4) is 17.1 Å². The molecule has 9 heteroatoms. The first kappa shape index (κ1) is 17.3. The third-order valence-corrected chi connectivity index (χ3v) is 4.44. The molecule has 1 amide bonds. The lowest BCUT2D eigenvalue weighted by molar-refractivity contribution is 0.0854. The number of amides is 1. The van der Waals surface area contributed by atoms with Gasteiger partial charge in [-0.05, 0) is 31.0 Å². The smallest absolute Gasteiger partial charge is 0.267 e. The molecule has 140 valence electrons. The van der Waals surface area contributed by atoms with Crippen molar-refractivity contribution in [2.24, 2.45) is 0 Å². The average molecular weight is 373 g/mol. The number of nitrogens with zero attached hydrogens (tertiary/aromatic N) is 3. The zero-order valence-corrected chi connectivity index (χ0v) is 14.3. The number of carbonyl (C=O) groups excluding carboxylic acids is 1. The molecule has 3 aromatic rings. The summed E-state index contributed by atoms with van der Waals surface area (Å²) in [5.41, 5.74) is 0.844. The number of hydrogen-bond donors (Lipinski definition) is 2. The highest BCUT2D eigenvalue weighted by molar-refractivity contribution is 5.93. The third-order valence-electron chi connectivity index (χ3n) is 4.44. The van der Waals surface area contributed by atoms with Gasteiger partial charge in [0.15, 0.2) is 17.5 Å². The number of aromatic amines is 1. The first-order chi connectivity index (χ1) is 13.1. The Morgan fingerprint density at radius 2 is 2.30 bits per heavy atom. The van der Waals surface area contributed by atoms with Crippen molar-refractivity contribution in [3.63, 3.8) is 0 Å². The Kier molecular flexibility index (Phi) is 4.68. The van der Waals surface area contributed by atoms with E-state index in [1.165, 1.54) is 23.0 Å². The number of H-pyrrole nitrogens is 1. The number of benzene rings is 1. The van der Waals surface area contributed by atoms with Gasteiger partial charge in [-0.25, -0.2) is 8.78 Å². The van der Waals surface area contributed by atoms with Gasteiger partial charge in [0.25, 0.3) is 5.91 Å². The maximum atomic E-state index is 14.1. The standard InChI is InChI=1S/C18H17F2N5O2/c19-13-4-1-5-15(16(13)20)25-10-23-24-17(25)11-7-14(21-8-11)18(26)22-9-12-3-2-6-27-12/h1,4-5,7-8,10,12,21H,2-3,6,9H2,(H,22,26)/t12-/m0/s1. The van der Waals surface area contributed by atoms with E-state index in [2.05, 4.69) is 20.5 Å². The molecule has 27 heavy (non-hydrogen) atoms. The summed E-state index contributed by atoms with van der Waals surface area (Å²) in [6.45, 7) is 1.16. The average Bonchev–Trinajstić information content (AvgIpc) is 3.42. The molecule has 7 nitrogen and oxygen atoms in total. The van der Waals surface area contributed by atoms with Crippen LogP contribution in [0.15, 0.2) is 36.8 Å². The van der Waals surface area contributed by atoms with E-state index in [1.807, 2.05) is 0 Å². The first-order valence-corrected chi connectivity index (χ1v) is 8.56. The van der Waals surface area contributed by atoms with Gasteiger partial charge < -0.3 is 15.0 Å².